The molecule has 0 saturated carbocycles. The Morgan fingerprint density at radius 3 is 2.55 bits per heavy atom. The Balaban J connectivity index is 2.33. The number of rotatable bonds is 7. The molecule has 29 heavy (non-hydrogen) atoms. The molecule has 1 heterocycles. The summed E-state index contributed by atoms with van der Waals surface area (Å²) in [5.74, 6) is -0.829. The average Bonchev–Trinajstić information content (AvgIpc) is 2.78. The van der Waals surface area contributed by atoms with E-state index in [1.165, 1.54) is 14.2 Å². The molecule has 3 rings (SSSR count). The van der Waals surface area contributed by atoms with Gasteiger partial charge in [0.2, 0.25) is 0 Å². The summed E-state index contributed by atoms with van der Waals surface area (Å²) in [4.78, 5) is 17.5. The van der Waals surface area contributed by atoms with Crippen molar-refractivity contribution in [2.75, 3.05) is 27.9 Å². The number of pyridine rings is 1. The summed E-state index contributed by atoms with van der Waals surface area (Å²) in [5, 5.41) is 11.1. The van der Waals surface area contributed by atoms with Crippen molar-refractivity contribution in [1.29, 1.82) is 5.26 Å². The highest BCUT2D eigenvalue weighted by Crippen LogP contribution is 2.45. The van der Waals surface area contributed by atoms with Crippen molar-refractivity contribution in [2.45, 2.75) is 5.92 Å². The number of carbonyl (C=O) groups excluding carboxylic acids is 1. The third kappa shape index (κ3) is 3.65. The Hall–Kier alpha value is -3.43. The van der Waals surface area contributed by atoms with Crippen molar-refractivity contribution in [3.05, 3.63) is 71.9 Å². The molecule has 0 amide bonds. The molecule has 6 nitrogen and oxygen atoms in total. The standard InChI is InChI=1S/C23H22N2O4/c1-27-15-23(14-24,22(26)29-3)21(18-9-5-7-11-20(18)28-2)17-12-16-8-4-6-10-19(16)25-13-17/h4-13,21H,15H2,1-3H3/t21-,23+/m1/s1. The molecule has 0 saturated heterocycles. The summed E-state index contributed by atoms with van der Waals surface area (Å²) >= 11 is 0. The Morgan fingerprint density at radius 1 is 1.14 bits per heavy atom. The van der Waals surface area contributed by atoms with Crippen LogP contribution in [0.25, 0.3) is 10.9 Å². The van der Waals surface area contributed by atoms with Crippen LogP contribution < -0.4 is 4.74 Å². The summed E-state index contributed by atoms with van der Waals surface area (Å²) in [6.45, 7) is -0.147. The number of ether oxygens (including phenoxy) is 3. The van der Waals surface area contributed by atoms with Crippen LogP contribution in [0.1, 0.15) is 17.0 Å². The predicted octanol–water partition coefficient (Wildman–Crippen LogP) is 3.70. The van der Waals surface area contributed by atoms with Gasteiger partial charge in [0.25, 0.3) is 0 Å². The summed E-state index contributed by atoms with van der Waals surface area (Å²) in [5.41, 5.74) is 0.568. The van der Waals surface area contributed by atoms with Crippen LogP contribution in [0.15, 0.2) is 60.8 Å². The highest BCUT2D eigenvalue weighted by Gasteiger charge is 2.50. The third-order valence-corrected chi connectivity index (χ3v) is 5.01. The number of para-hydroxylation sites is 2. The molecule has 1 aromatic heterocycles. The maximum atomic E-state index is 12.9. The molecule has 0 fully saturated rings. The van der Waals surface area contributed by atoms with E-state index < -0.39 is 17.3 Å². The number of esters is 1. The maximum absolute atomic E-state index is 12.9. The van der Waals surface area contributed by atoms with Gasteiger partial charge in [0.05, 0.1) is 32.4 Å². The van der Waals surface area contributed by atoms with Crippen molar-refractivity contribution in [3.8, 4) is 11.8 Å². The highest BCUT2D eigenvalue weighted by atomic mass is 16.5. The normalized spacial score (nSPS) is 13.9. The molecule has 0 spiro atoms. The smallest absolute Gasteiger partial charge is 0.329 e. The predicted molar refractivity (Wildman–Crippen MR) is 109 cm³/mol. The van der Waals surface area contributed by atoms with Gasteiger partial charge in [0.1, 0.15) is 5.75 Å². The van der Waals surface area contributed by atoms with Gasteiger partial charge in [-0.05, 0) is 23.8 Å². The highest BCUT2D eigenvalue weighted by molar-refractivity contribution is 5.84. The zero-order chi connectivity index (χ0) is 20.9. The lowest BCUT2D eigenvalue weighted by molar-refractivity contribution is -0.152. The van der Waals surface area contributed by atoms with E-state index in [0.717, 1.165) is 10.9 Å². The number of aromatic nitrogens is 1. The van der Waals surface area contributed by atoms with Crippen LogP contribution in [-0.4, -0.2) is 38.9 Å². The Bertz CT molecular complexity index is 1060. The van der Waals surface area contributed by atoms with Crippen LogP contribution in [-0.2, 0) is 14.3 Å². The summed E-state index contributed by atoms with van der Waals surface area (Å²) in [7, 11) is 4.27. The fourth-order valence-corrected chi connectivity index (χ4v) is 3.69. The fourth-order valence-electron chi connectivity index (χ4n) is 3.69. The molecule has 0 bridgehead atoms. The van der Waals surface area contributed by atoms with Crippen molar-refractivity contribution < 1.29 is 19.0 Å². The minimum absolute atomic E-state index is 0.147. The SMILES string of the molecule is COC[C@](C#N)(C(=O)OC)[C@H](c1cnc2ccccc2c1)c1ccccc1OC. The van der Waals surface area contributed by atoms with Gasteiger partial charge in [-0.1, -0.05) is 36.4 Å². The molecule has 0 aliphatic carbocycles. The summed E-state index contributed by atoms with van der Waals surface area (Å²) in [6.07, 6.45) is 1.68. The minimum Gasteiger partial charge on any atom is -0.496 e. The lowest BCUT2D eigenvalue weighted by atomic mass is 9.69. The van der Waals surface area contributed by atoms with Gasteiger partial charge in [-0.15, -0.1) is 0 Å². The molecule has 0 aliphatic heterocycles. The van der Waals surface area contributed by atoms with Crippen LogP contribution in [0.2, 0.25) is 0 Å². The maximum Gasteiger partial charge on any atom is 0.329 e. The number of carbonyl (C=O) groups is 1. The quantitative estimate of drug-likeness (QED) is 0.572. The van der Waals surface area contributed by atoms with Gasteiger partial charge in [-0.2, -0.15) is 5.26 Å². The second kappa shape index (κ2) is 8.72. The Kier molecular flexibility index (Phi) is 6.10. The second-order valence-electron chi connectivity index (χ2n) is 6.64. The average molecular weight is 390 g/mol. The number of methoxy groups -OCH3 is 3. The number of hydrogen-bond donors (Lipinski definition) is 0. The van der Waals surface area contributed by atoms with Crippen molar-refractivity contribution in [1.82, 2.24) is 4.98 Å². The van der Waals surface area contributed by atoms with Crippen molar-refractivity contribution in [2.24, 2.45) is 5.41 Å². The fraction of sp³-hybridized carbons (Fsp3) is 0.261. The number of benzene rings is 2. The first-order chi connectivity index (χ1) is 14.1. The van der Waals surface area contributed by atoms with E-state index in [1.807, 2.05) is 48.5 Å². The first-order valence-corrected chi connectivity index (χ1v) is 9.07. The molecule has 0 radical (unpaired) electrons. The summed E-state index contributed by atoms with van der Waals surface area (Å²) < 4.78 is 15.9. The first-order valence-electron chi connectivity index (χ1n) is 9.07. The largest absolute Gasteiger partial charge is 0.496 e. The number of nitriles is 1. The van der Waals surface area contributed by atoms with Gasteiger partial charge in [-0.25, -0.2) is 0 Å². The number of nitrogens with zero attached hydrogens (tertiary/aromatic N) is 2. The van der Waals surface area contributed by atoms with E-state index in [4.69, 9.17) is 14.2 Å². The molecule has 6 heteroatoms. The number of fused-ring (bicyclic) bond motifs is 1. The zero-order valence-corrected chi connectivity index (χ0v) is 16.6. The summed E-state index contributed by atoms with van der Waals surface area (Å²) in [6, 6.07) is 19.1. The monoisotopic (exact) mass is 390 g/mol. The van der Waals surface area contributed by atoms with E-state index in [-0.39, 0.29) is 6.61 Å². The van der Waals surface area contributed by atoms with Gasteiger partial charge in [0.15, 0.2) is 5.41 Å². The van der Waals surface area contributed by atoms with E-state index in [0.29, 0.717) is 16.9 Å². The Morgan fingerprint density at radius 2 is 1.86 bits per heavy atom. The third-order valence-electron chi connectivity index (χ3n) is 5.01. The minimum atomic E-state index is -1.62. The van der Waals surface area contributed by atoms with E-state index in [2.05, 4.69) is 11.1 Å². The van der Waals surface area contributed by atoms with E-state index in [9.17, 15) is 10.1 Å². The molecule has 0 N–H and O–H groups in total. The van der Waals surface area contributed by atoms with Gasteiger partial charge in [-0.3, -0.25) is 9.78 Å². The number of hydrogen-bond acceptors (Lipinski definition) is 6. The van der Waals surface area contributed by atoms with Crippen LogP contribution >= 0.6 is 0 Å². The van der Waals surface area contributed by atoms with Gasteiger partial charge >= 0.3 is 5.97 Å². The van der Waals surface area contributed by atoms with Crippen molar-refractivity contribution >= 4 is 16.9 Å². The first kappa shape index (κ1) is 20.3. The molecule has 148 valence electrons. The van der Waals surface area contributed by atoms with Crippen LogP contribution in [0, 0.1) is 16.7 Å². The van der Waals surface area contributed by atoms with Gasteiger partial charge in [0, 0.05) is 30.2 Å². The van der Waals surface area contributed by atoms with Gasteiger partial charge < -0.3 is 14.2 Å². The van der Waals surface area contributed by atoms with E-state index >= 15 is 0 Å². The van der Waals surface area contributed by atoms with Crippen LogP contribution in [0.4, 0.5) is 0 Å². The topological polar surface area (TPSA) is 81.4 Å². The molecule has 0 unspecified atom stereocenters. The molecule has 2 atom stereocenters. The zero-order valence-electron chi connectivity index (χ0n) is 16.6. The van der Waals surface area contributed by atoms with Crippen molar-refractivity contribution in [3.63, 3.8) is 0 Å². The molecular formula is C23H22N2O4. The lowest BCUT2D eigenvalue weighted by Gasteiger charge is -2.33. The molecule has 3 aromatic rings. The molecule has 2 aromatic carbocycles. The van der Waals surface area contributed by atoms with Crippen LogP contribution in [0.5, 0.6) is 5.75 Å². The Labute approximate surface area is 169 Å². The second-order valence-corrected chi connectivity index (χ2v) is 6.64. The lowest BCUT2D eigenvalue weighted by Crippen LogP contribution is -2.42. The van der Waals surface area contributed by atoms with E-state index in [1.54, 1.807) is 19.4 Å². The molecular weight excluding hydrogens is 368 g/mol. The van der Waals surface area contributed by atoms with Crippen LogP contribution in [0.3, 0.4) is 0 Å². The molecule has 0 aliphatic rings.